The third kappa shape index (κ3) is 4.34. The van der Waals surface area contributed by atoms with Crippen LogP contribution in [-0.4, -0.2) is 20.1 Å². The van der Waals surface area contributed by atoms with E-state index in [2.05, 4.69) is 62.6 Å². The third-order valence-corrected chi connectivity index (χ3v) is 3.55. The monoisotopic (exact) mass is 248 g/mol. The van der Waals surface area contributed by atoms with E-state index in [-0.39, 0.29) is 0 Å². The van der Waals surface area contributed by atoms with Gasteiger partial charge in [-0.05, 0) is 43.0 Å². The Hall–Kier alpha value is -1.02. The van der Waals surface area contributed by atoms with E-state index in [1.165, 1.54) is 11.3 Å². The van der Waals surface area contributed by atoms with Crippen molar-refractivity contribution < 1.29 is 0 Å². The summed E-state index contributed by atoms with van der Waals surface area (Å²) in [7, 11) is 2.03. The largest absolute Gasteiger partial charge is 0.384 e. The molecule has 2 N–H and O–H groups in total. The van der Waals surface area contributed by atoms with Gasteiger partial charge in [0.15, 0.2) is 0 Å². The van der Waals surface area contributed by atoms with Gasteiger partial charge in [0.2, 0.25) is 0 Å². The summed E-state index contributed by atoms with van der Waals surface area (Å²) in [5.41, 5.74) is 2.69. The summed E-state index contributed by atoms with van der Waals surface area (Å²) in [6.45, 7) is 11.2. The van der Waals surface area contributed by atoms with Crippen molar-refractivity contribution in [3.63, 3.8) is 0 Å². The van der Waals surface area contributed by atoms with Gasteiger partial charge < -0.3 is 10.6 Å². The average molecular weight is 248 g/mol. The van der Waals surface area contributed by atoms with Crippen LogP contribution in [0.3, 0.4) is 0 Å². The van der Waals surface area contributed by atoms with Gasteiger partial charge in [-0.1, -0.05) is 45.9 Å². The highest BCUT2D eigenvalue weighted by Crippen LogP contribution is 2.24. The van der Waals surface area contributed by atoms with Crippen molar-refractivity contribution >= 4 is 5.69 Å². The lowest BCUT2D eigenvalue weighted by molar-refractivity contribution is 0.390. The van der Waals surface area contributed by atoms with Gasteiger partial charge in [0.25, 0.3) is 0 Å². The summed E-state index contributed by atoms with van der Waals surface area (Å²) in [5.74, 6) is 1.92. The predicted octanol–water partition coefficient (Wildman–Crippen LogP) is 3.71. The smallest absolute Gasteiger partial charge is 0.0375 e. The highest BCUT2D eigenvalue weighted by Gasteiger charge is 2.13. The highest BCUT2D eigenvalue weighted by molar-refractivity contribution is 5.52. The standard InChI is InChI=1S/C16H28N2/c1-12(2)14(10-17-5)11-18-16-9-7-6-8-15(16)13(3)4/h6-9,12-14,17-18H,10-11H2,1-5H3. The molecule has 2 nitrogen and oxygen atoms in total. The fraction of sp³-hybridized carbons (Fsp3) is 0.625. The van der Waals surface area contributed by atoms with Crippen LogP contribution in [0.5, 0.6) is 0 Å². The van der Waals surface area contributed by atoms with E-state index in [1.54, 1.807) is 0 Å². The van der Waals surface area contributed by atoms with Crippen LogP contribution in [0.1, 0.15) is 39.2 Å². The first-order valence-electron chi connectivity index (χ1n) is 7.03. The van der Waals surface area contributed by atoms with Crippen LogP contribution in [0, 0.1) is 11.8 Å². The molecule has 0 amide bonds. The number of hydrogen-bond donors (Lipinski definition) is 2. The molecule has 0 aromatic heterocycles. The van der Waals surface area contributed by atoms with E-state index < -0.39 is 0 Å². The molecule has 1 atom stereocenters. The average Bonchev–Trinajstić information content (AvgIpc) is 2.34. The minimum atomic E-state index is 0.565. The Balaban J connectivity index is 2.67. The topological polar surface area (TPSA) is 24.1 Å². The molecule has 2 heteroatoms. The number of anilines is 1. The first-order valence-corrected chi connectivity index (χ1v) is 7.03. The highest BCUT2D eigenvalue weighted by atomic mass is 14.9. The normalized spacial score (nSPS) is 13.1. The lowest BCUT2D eigenvalue weighted by atomic mass is 9.95. The van der Waals surface area contributed by atoms with E-state index in [0.717, 1.165) is 13.1 Å². The van der Waals surface area contributed by atoms with Crippen LogP contribution in [-0.2, 0) is 0 Å². The molecule has 102 valence electrons. The predicted molar refractivity (Wildman–Crippen MR) is 81.3 cm³/mol. The molecule has 0 fully saturated rings. The Kier molecular flexibility index (Phi) is 6.20. The quantitative estimate of drug-likeness (QED) is 0.768. The number of nitrogens with one attached hydrogen (secondary N) is 2. The van der Waals surface area contributed by atoms with Gasteiger partial charge in [-0.15, -0.1) is 0 Å². The molecule has 1 aromatic carbocycles. The summed E-state index contributed by atoms with van der Waals surface area (Å²) in [5, 5.41) is 6.90. The van der Waals surface area contributed by atoms with Crippen molar-refractivity contribution in [1.29, 1.82) is 0 Å². The van der Waals surface area contributed by atoms with Gasteiger partial charge in [-0.2, -0.15) is 0 Å². The maximum Gasteiger partial charge on any atom is 0.0375 e. The SMILES string of the molecule is CNCC(CNc1ccccc1C(C)C)C(C)C. The summed E-state index contributed by atoms with van der Waals surface area (Å²) in [6.07, 6.45) is 0. The summed E-state index contributed by atoms with van der Waals surface area (Å²) in [6, 6.07) is 8.63. The molecule has 0 spiro atoms. The van der Waals surface area contributed by atoms with Gasteiger partial charge >= 0.3 is 0 Å². The van der Waals surface area contributed by atoms with E-state index in [9.17, 15) is 0 Å². The molecular formula is C16H28N2. The molecule has 1 aromatic rings. The molecule has 0 aliphatic heterocycles. The van der Waals surface area contributed by atoms with E-state index in [0.29, 0.717) is 17.8 Å². The van der Waals surface area contributed by atoms with Gasteiger partial charge in [0, 0.05) is 12.2 Å². The Morgan fingerprint density at radius 1 is 1.00 bits per heavy atom. The van der Waals surface area contributed by atoms with Crippen LogP contribution in [0.2, 0.25) is 0 Å². The van der Waals surface area contributed by atoms with E-state index >= 15 is 0 Å². The zero-order chi connectivity index (χ0) is 13.5. The molecule has 0 heterocycles. The van der Waals surface area contributed by atoms with Gasteiger partial charge in [0.05, 0.1) is 0 Å². The zero-order valence-electron chi connectivity index (χ0n) is 12.5. The first-order chi connectivity index (χ1) is 8.56. The van der Waals surface area contributed by atoms with E-state index in [1.807, 2.05) is 7.05 Å². The number of para-hydroxylation sites is 1. The maximum atomic E-state index is 3.62. The lowest BCUT2D eigenvalue weighted by Crippen LogP contribution is -2.29. The van der Waals surface area contributed by atoms with Crippen LogP contribution in [0.4, 0.5) is 5.69 Å². The fourth-order valence-corrected chi connectivity index (χ4v) is 2.21. The molecular weight excluding hydrogens is 220 g/mol. The van der Waals surface area contributed by atoms with Gasteiger partial charge in [0.1, 0.15) is 0 Å². The van der Waals surface area contributed by atoms with Crippen molar-refractivity contribution in [3.05, 3.63) is 29.8 Å². The Bertz CT molecular complexity index is 345. The van der Waals surface area contributed by atoms with Crippen LogP contribution in [0.15, 0.2) is 24.3 Å². The zero-order valence-corrected chi connectivity index (χ0v) is 12.5. The Morgan fingerprint density at radius 3 is 2.22 bits per heavy atom. The molecule has 1 rings (SSSR count). The van der Waals surface area contributed by atoms with Crippen molar-refractivity contribution in [3.8, 4) is 0 Å². The first kappa shape index (κ1) is 15.0. The Labute approximate surface area is 112 Å². The van der Waals surface area contributed by atoms with Crippen molar-refractivity contribution in [2.45, 2.75) is 33.6 Å². The second-order valence-electron chi connectivity index (χ2n) is 5.68. The van der Waals surface area contributed by atoms with Gasteiger partial charge in [-0.3, -0.25) is 0 Å². The molecule has 0 aliphatic carbocycles. The van der Waals surface area contributed by atoms with Crippen LogP contribution >= 0.6 is 0 Å². The minimum Gasteiger partial charge on any atom is -0.384 e. The molecule has 18 heavy (non-hydrogen) atoms. The van der Waals surface area contributed by atoms with Gasteiger partial charge in [-0.25, -0.2) is 0 Å². The minimum absolute atomic E-state index is 0.565. The molecule has 0 radical (unpaired) electrons. The molecule has 1 unspecified atom stereocenters. The second kappa shape index (κ2) is 7.42. The summed E-state index contributed by atoms with van der Waals surface area (Å²) < 4.78 is 0. The van der Waals surface area contributed by atoms with Crippen LogP contribution in [0.25, 0.3) is 0 Å². The molecule has 0 saturated heterocycles. The number of benzene rings is 1. The number of rotatable bonds is 7. The summed E-state index contributed by atoms with van der Waals surface area (Å²) in [4.78, 5) is 0. The fourth-order valence-electron chi connectivity index (χ4n) is 2.21. The second-order valence-corrected chi connectivity index (χ2v) is 5.68. The van der Waals surface area contributed by atoms with Crippen molar-refractivity contribution in [1.82, 2.24) is 5.32 Å². The Morgan fingerprint density at radius 2 is 1.67 bits per heavy atom. The molecule has 0 aliphatic rings. The van der Waals surface area contributed by atoms with Crippen LogP contribution < -0.4 is 10.6 Å². The van der Waals surface area contributed by atoms with Crippen molar-refractivity contribution in [2.75, 3.05) is 25.5 Å². The molecule has 0 bridgehead atoms. The van der Waals surface area contributed by atoms with E-state index in [4.69, 9.17) is 0 Å². The third-order valence-electron chi connectivity index (χ3n) is 3.55. The van der Waals surface area contributed by atoms with Crippen molar-refractivity contribution in [2.24, 2.45) is 11.8 Å². The summed E-state index contributed by atoms with van der Waals surface area (Å²) >= 11 is 0. The lowest BCUT2D eigenvalue weighted by Gasteiger charge is -2.23. The number of hydrogen-bond acceptors (Lipinski definition) is 2. The maximum absolute atomic E-state index is 3.62. The molecule has 0 saturated carbocycles.